The molecule has 2 rings (SSSR count). The number of fused-ring (bicyclic) bond motifs is 1. The zero-order valence-corrected chi connectivity index (χ0v) is 10.6. The number of carbonyl (C=O) groups excluding carboxylic acids is 1. The lowest BCUT2D eigenvalue weighted by Crippen LogP contribution is -2.47. The summed E-state index contributed by atoms with van der Waals surface area (Å²) in [5, 5.41) is 9.27. The number of rotatable bonds is 2. The fourth-order valence-electron chi connectivity index (χ4n) is 3.30. The van der Waals surface area contributed by atoms with Gasteiger partial charge in [-0.1, -0.05) is 26.7 Å². The second-order valence-electron chi connectivity index (χ2n) is 5.60. The van der Waals surface area contributed by atoms with E-state index >= 15 is 0 Å². The lowest BCUT2D eigenvalue weighted by Gasteiger charge is -2.34. The highest BCUT2D eigenvalue weighted by Crippen LogP contribution is 2.40. The van der Waals surface area contributed by atoms with E-state index in [1.807, 2.05) is 13.8 Å². The summed E-state index contributed by atoms with van der Waals surface area (Å²) < 4.78 is 0. The molecule has 0 aromatic heterocycles. The third-order valence-corrected chi connectivity index (χ3v) is 4.12. The molecule has 17 heavy (non-hydrogen) atoms. The normalized spacial score (nSPS) is 32.6. The summed E-state index contributed by atoms with van der Waals surface area (Å²) in [4.78, 5) is 25.1. The molecule has 1 aliphatic heterocycles. The van der Waals surface area contributed by atoms with Gasteiger partial charge in [-0.05, 0) is 25.2 Å². The maximum Gasteiger partial charge on any atom is 0.326 e. The average molecular weight is 239 g/mol. The van der Waals surface area contributed by atoms with Gasteiger partial charge in [0.2, 0.25) is 5.91 Å². The Morgan fingerprint density at radius 2 is 1.88 bits per heavy atom. The second kappa shape index (κ2) is 4.67. The van der Waals surface area contributed by atoms with E-state index < -0.39 is 12.0 Å². The standard InChI is InChI=1S/C13H21NO3/c1-8(2)12(15)14-10-6-4-3-5-9(10)7-11(14)13(16)17/h8-11H,3-7H2,1-2H3,(H,16,17). The molecule has 3 atom stereocenters. The van der Waals surface area contributed by atoms with Crippen LogP contribution in [0.25, 0.3) is 0 Å². The van der Waals surface area contributed by atoms with Crippen LogP contribution in [0.1, 0.15) is 46.0 Å². The summed E-state index contributed by atoms with van der Waals surface area (Å²) in [7, 11) is 0. The lowest BCUT2D eigenvalue weighted by molar-refractivity contribution is -0.151. The molecule has 4 heteroatoms. The van der Waals surface area contributed by atoms with Crippen LogP contribution >= 0.6 is 0 Å². The van der Waals surface area contributed by atoms with Crippen LogP contribution in [0.4, 0.5) is 0 Å². The van der Waals surface area contributed by atoms with Gasteiger partial charge in [0, 0.05) is 12.0 Å². The first-order valence-electron chi connectivity index (χ1n) is 6.57. The molecule has 3 unspecified atom stereocenters. The summed E-state index contributed by atoms with van der Waals surface area (Å²) in [6.07, 6.45) is 5.01. The number of likely N-dealkylation sites (tertiary alicyclic amines) is 1. The smallest absolute Gasteiger partial charge is 0.326 e. The molecule has 1 saturated heterocycles. The SMILES string of the molecule is CC(C)C(=O)N1C(C(=O)O)CC2CCCCC21. The van der Waals surface area contributed by atoms with Gasteiger partial charge >= 0.3 is 5.97 Å². The third-order valence-electron chi connectivity index (χ3n) is 4.12. The minimum atomic E-state index is -0.839. The molecule has 1 amide bonds. The molecule has 0 spiro atoms. The van der Waals surface area contributed by atoms with Crippen molar-refractivity contribution in [3.63, 3.8) is 0 Å². The van der Waals surface area contributed by atoms with Crippen LogP contribution in [0.2, 0.25) is 0 Å². The lowest BCUT2D eigenvalue weighted by atomic mass is 9.84. The fraction of sp³-hybridized carbons (Fsp3) is 0.846. The summed E-state index contributed by atoms with van der Waals surface area (Å²) in [5.74, 6) is -0.537. The molecule has 1 saturated carbocycles. The van der Waals surface area contributed by atoms with Crippen LogP contribution in [0, 0.1) is 11.8 Å². The van der Waals surface area contributed by atoms with Crippen molar-refractivity contribution in [1.82, 2.24) is 4.90 Å². The van der Waals surface area contributed by atoms with Crippen molar-refractivity contribution in [3.8, 4) is 0 Å². The predicted molar refractivity (Wildman–Crippen MR) is 63.5 cm³/mol. The summed E-state index contributed by atoms with van der Waals surface area (Å²) in [5.41, 5.74) is 0. The molecule has 2 aliphatic rings. The molecule has 1 aliphatic carbocycles. The fourth-order valence-corrected chi connectivity index (χ4v) is 3.30. The van der Waals surface area contributed by atoms with Gasteiger partial charge in [-0.3, -0.25) is 4.79 Å². The Morgan fingerprint density at radius 1 is 1.24 bits per heavy atom. The Bertz CT molecular complexity index is 327. The highest BCUT2D eigenvalue weighted by Gasteiger charge is 2.47. The van der Waals surface area contributed by atoms with Gasteiger partial charge in [-0.2, -0.15) is 0 Å². The van der Waals surface area contributed by atoms with E-state index in [9.17, 15) is 14.7 Å². The monoisotopic (exact) mass is 239 g/mol. The minimum absolute atomic E-state index is 0.00630. The molecule has 1 heterocycles. The van der Waals surface area contributed by atoms with Crippen molar-refractivity contribution in [2.45, 2.75) is 58.0 Å². The number of carboxylic acid groups (broad SMARTS) is 1. The molecular weight excluding hydrogens is 218 g/mol. The number of hydrogen-bond donors (Lipinski definition) is 1. The first kappa shape index (κ1) is 12.4. The van der Waals surface area contributed by atoms with E-state index in [1.54, 1.807) is 4.90 Å². The van der Waals surface area contributed by atoms with Gasteiger partial charge in [-0.15, -0.1) is 0 Å². The minimum Gasteiger partial charge on any atom is -0.480 e. The van der Waals surface area contributed by atoms with Crippen molar-refractivity contribution in [3.05, 3.63) is 0 Å². The van der Waals surface area contributed by atoms with E-state index in [0.29, 0.717) is 12.3 Å². The van der Waals surface area contributed by atoms with E-state index in [1.165, 1.54) is 6.42 Å². The van der Waals surface area contributed by atoms with E-state index in [4.69, 9.17) is 0 Å². The molecule has 0 bridgehead atoms. The first-order chi connectivity index (χ1) is 8.02. The van der Waals surface area contributed by atoms with Crippen LogP contribution < -0.4 is 0 Å². The Balaban J connectivity index is 2.23. The maximum absolute atomic E-state index is 12.2. The van der Waals surface area contributed by atoms with Gasteiger partial charge in [0.1, 0.15) is 6.04 Å². The highest BCUT2D eigenvalue weighted by molar-refractivity contribution is 5.85. The molecule has 0 radical (unpaired) electrons. The summed E-state index contributed by atoms with van der Waals surface area (Å²) in [6.45, 7) is 3.69. The predicted octanol–water partition coefficient (Wildman–Crippen LogP) is 1.89. The number of nitrogens with zero attached hydrogens (tertiary/aromatic N) is 1. The Morgan fingerprint density at radius 3 is 2.47 bits per heavy atom. The van der Waals surface area contributed by atoms with Gasteiger partial charge in [0.15, 0.2) is 0 Å². The zero-order valence-electron chi connectivity index (χ0n) is 10.6. The van der Waals surface area contributed by atoms with Crippen molar-refractivity contribution < 1.29 is 14.7 Å². The molecule has 96 valence electrons. The Hall–Kier alpha value is -1.06. The van der Waals surface area contributed by atoms with Crippen molar-refractivity contribution in [1.29, 1.82) is 0 Å². The largest absolute Gasteiger partial charge is 0.480 e. The molecule has 0 aromatic rings. The second-order valence-corrected chi connectivity index (χ2v) is 5.60. The van der Waals surface area contributed by atoms with Gasteiger partial charge in [0.25, 0.3) is 0 Å². The van der Waals surface area contributed by atoms with Gasteiger partial charge in [-0.25, -0.2) is 4.79 Å². The van der Waals surface area contributed by atoms with Crippen LogP contribution in [0.5, 0.6) is 0 Å². The number of carbonyl (C=O) groups is 2. The Kier molecular flexibility index (Phi) is 3.40. The van der Waals surface area contributed by atoms with Crippen molar-refractivity contribution in [2.75, 3.05) is 0 Å². The molecule has 4 nitrogen and oxygen atoms in total. The van der Waals surface area contributed by atoms with Gasteiger partial charge in [0.05, 0.1) is 0 Å². The van der Waals surface area contributed by atoms with E-state index in [0.717, 1.165) is 19.3 Å². The zero-order chi connectivity index (χ0) is 12.6. The van der Waals surface area contributed by atoms with Crippen molar-refractivity contribution >= 4 is 11.9 Å². The van der Waals surface area contributed by atoms with Crippen LogP contribution in [-0.2, 0) is 9.59 Å². The Labute approximate surface area is 102 Å². The highest BCUT2D eigenvalue weighted by atomic mass is 16.4. The van der Waals surface area contributed by atoms with E-state index in [2.05, 4.69) is 0 Å². The van der Waals surface area contributed by atoms with Crippen LogP contribution in [-0.4, -0.2) is 34.0 Å². The number of aliphatic carboxylic acids is 1. The summed E-state index contributed by atoms with van der Waals surface area (Å²) in [6, 6.07) is -0.405. The molecule has 2 fully saturated rings. The van der Waals surface area contributed by atoms with E-state index in [-0.39, 0.29) is 17.9 Å². The van der Waals surface area contributed by atoms with Crippen molar-refractivity contribution in [2.24, 2.45) is 11.8 Å². The average Bonchev–Trinajstić information content (AvgIpc) is 2.67. The number of hydrogen-bond acceptors (Lipinski definition) is 2. The topological polar surface area (TPSA) is 57.6 Å². The summed E-state index contributed by atoms with van der Waals surface area (Å²) >= 11 is 0. The first-order valence-corrected chi connectivity index (χ1v) is 6.57. The third kappa shape index (κ3) is 2.17. The number of carboxylic acids is 1. The molecular formula is C13H21NO3. The number of amides is 1. The maximum atomic E-state index is 12.2. The quantitative estimate of drug-likeness (QED) is 0.800. The molecule has 1 N–H and O–H groups in total. The molecule has 0 aromatic carbocycles. The van der Waals surface area contributed by atoms with Gasteiger partial charge < -0.3 is 10.0 Å². The van der Waals surface area contributed by atoms with Crippen LogP contribution in [0.15, 0.2) is 0 Å². The van der Waals surface area contributed by atoms with Crippen LogP contribution in [0.3, 0.4) is 0 Å².